The first-order valence-corrected chi connectivity index (χ1v) is 8.64. The second kappa shape index (κ2) is 6.19. The van der Waals surface area contributed by atoms with Crippen LogP contribution in [0.1, 0.15) is 19.3 Å². The van der Waals surface area contributed by atoms with Crippen LogP contribution in [0.15, 0.2) is 23.1 Å². The largest absolute Gasteiger partial charge is 0.349 e. The van der Waals surface area contributed by atoms with E-state index in [9.17, 15) is 17.2 Å². The van der Waals surface area contributed by atoms with Gasteiger partial charge in [-0.15, -0.1) is 0 Å². The molecule has 122 valence electrons. The molecule has 8 heteroatoms. The second-order valence-electron chi connectivity index (χ2n) is 5.36. The summed E-state index contributed by atoms with van der Waals surface area (Å²) in [4.78, 5) is -0.253. The Kier molecular flexibility index (Phi) is 4.44. The lowest BCUT2D eigenvalue weighted by Gasteiger charge is -2.36. The minimum atomic E-state index is -3.92. The van der Waals surface area contributed by atoms with Crippen LogP contribution in [0.25, 0.3) is 0 Å². The summed E-state index contributed by atoms with van der Waals surface area (Å²) in [6.07, 6.45) is 1.61. The maximum Gasteiger partial charge on any atom is 0.243 e. The first-order chi connectivity index (χ1) is 10.5. The monoisotopic (exact) mass is 333 g/mol. The summed E-state index contributed by atoms with van der Waals surface area (Å²) in [5.74, 6) is -2.25. The van der Waals surface area contributed by atoms with Crippen LogP contribution in [0.3, 0.4) is 0 Å². The van der Waals surface area contributed by atoms with Gasteiger partial charge in [0.2, 0.25) is 10.0 Å². The fourth-order valence-electron chi connectivity index (χ4n) is 2.87. The standard InChI is InChI=1S/C14H17F2NO4S/c15-11-5-4-10(9-12(11)16)22(18,19)17-6-2-1-3-13(17)14-20-7-8-21-14/h4-5,9,13-14H,1-3,6-8H2. The zero-order chi connectivity index (χ0) is 15.7. The van der Waals surface area contributed by atoms with Crippen molar-refractivity contribution < 1.29 is 26.7 Å². The highest BCUT2D eigenvalue weighted by Gasteiger charge is 2.40. The molecule has 1 aromatic carbocycles. The summed E-state index contributed by atoms with van der Waals surface area (Å²) >= 11 is 0. The van der Waals surface area contributed by atoms with E-state index in [1.165, 1.54) is 4.31 Å². The SMILES string of the molecule is O=S(=O)(c1ccc(F)c(F)c1)N1CCCCC1C1OCCO1. The van der Waals surface area contributed by atoms with Gasteiger partial charge in [0.15, 0.2) is 17.9 Å². The van der Waals surface area contributed by atoms with Crippen molar-refractivity contribution in [2.24, 2.45) is 0 Å². The Hall–Kier alpha value is -1.09. The van der Waals surface area contributed by atoms with Crippen molar-refractivity contribution in [3.8, 4) is 0 Å². The minimum absolute atomic E-state index is 0.253. The van der Waals surface area contributed by atoms with E-state index < -0.39 is 34.0 Å². The smallest absolute Gasteiger partial charge is 0.243 e. The van der Waals surface area contributed by atoms with Crippen LogP contribution >= 0.6 is 0 Å². The lowest BCUT2D eigenvalue weighted by molar-refractivity contribution is -0.0913. The molecule has 2 fully saturated rings. The van der Waals surface area contributed by atoms with E-state index >= 15 is 0 Å². The molecule has 5 nitrogen and oxygen atoms in total. The van der Waals surface area contributed by atoms with E-state index in [-0.39, 0.29) is 4.90 Å². The number of ether oxygens (including phenoxy) is 2. The van der Waals surface area contributed by atoms with Crippen LogP contribution in [0, 0.1) is 11.6 Å². The molecule has 2 heterocycles. The maximum atomic E-state index is 13.4. The third-order valence-corrected chi connectivity index (χ3v) is 5.88. The molecule has 2 aliphatic rings. The van der Waals surface area contributed by atoms with E-state index in [2.05, 4.69) is 0 Å². The molecule has 1 unspecified atom stereocenters. The maximum absolute atomic E-state index is 13.4. The van der Waals surface area contributed by atoms with Crippen LogP contribution in [0.5, 0.6) is 0 Å². The summed E-state index contributed by atoms with van der Waals surface area (Å²) < 4.78 is 64.0. The number of hydrogen-bond acceptors (Lipinski definition) is 4. The molecule has 0 spiro atoms. The number of sulfonamides is 1. The Labute approximate surface area is 127 Å². The van der Waals surface area contributed by atoms with Crippen molar-refractivity contribution >= 4 is 10.0 Å². The zero-order valence-electron chi connectivity index (χ0n) is 11.9. The molecule has 0 bridgehead atoms. The lowest BCUT2D eigenvalue weighted by Crippen LogP contribution is -2.50. The zero-order valence-corrected chi connectivity index (χ0v) is 12.7. The summed E-state index contributed by atoms with van der Waals surface area (Å²) in [7, 11) is -3.92. The molecule has 0 N–H and O–H groups in total. The van der Waals surface area contributed by atoms with E-state index in [1.54, 1.807) is 0 Å². The number of halogens is 2. The van der Waals surface area contributed by atoms with Crippen molar-refractivity contribution in [3.63, 3.8) is 0 Å². The molecular weight excluding hydrogens is 316 g/mol. The molecule has 22 heavy (non-hydrogen) atoms. The molecular formula is C14H17F2NO4S. The summed E-state index contributed by atoms with van der Waals surface area (Å²) in [5, 5.41) is 0. The first-order valence-electron chi connectivity index (χ1n) is 7.20. The highest BCUT2D eigenvalue weighted by Crippen LogP contribution is 2.30. The molecule has 0 saturated carbocycles. The topological polar surface area (TPSA) is 55.8 Å². The Balaban J connectivity index is 1.92. The summed E-state index contributed by atoms with van der Waals surface area (Å²) in [5.41, 5.74) is 0. The molecule has 0 aliphatic carbocycles. The molecule has 2 saturated heterocycles. The normalized spacial score (nSPS) is 24.7. The van der Waals surface area contributed by atoms with E-state index in [0.29, 0.717) is 38.7 Å². The fraction of sp³-hybridized carbons (Fsp3) is 0.571. The molecule has 0 aromatic heterocycles. The van der Waals surface area contributed by atoms with E-state index in [0.717, 1.165) is 18.6 Å². The molecule has 2 aliphatic heterocycles. The van der Waals surface area contributed by atoms with Gasteiger partial charge in [-0.2, -0.15) is 4.31 Å². The van der Waals surface area contributed by atoms with Gasteiger partial charge in [0.25, 0.3) is 0 Å². The van der Waals surface area contributed by atoms with Gasteiger partial charge in [-0.05, 0) is 31.0 Å². The van der Waals surface area contributed by atoms with Crippen LogP contribution in [-0.2, 0) is 19.5 Å². The Bertz CT molecular complexity index is 646. The minimum Gasteiger partial charge on any atom is -0.349 e. The van der Waals surface area contributed by atoms with Gasteiger partial charge >= 0.3 is 0 Å². The number of rotatable bonds is 3. The van der Waals surface area contributed by atoms with Gasteiger partial charge in [0.05, 0.1) is 24.2 Å². The number of hydrogen-bond donors (Lipinski definition) is 0. The quantitative estimate of drug-likeness (QED) is 0.847. The molecule has 0 amide bonds. The average molecular weight is 333 g/mol. The molecule has 0 radical (unpaired) electrons. The summed E-state index contributed by atoms with van der Waals surface area (Å²) in [6.45, 7) is 1.18. The predicted molar refractivity (Wildman–Crippen MR) is 73.6 cm³/mol. The molecule has 3 rings (SSSR count). The van der Waals surface area contributed by atoms with Gasteiger partial charge in [-0.25, -0.2) is 17.2 Å². The van der Waals surface area contributed by atoms with Crippen molar-refractivity contribution in [2.75, 3.05) is 19.8 Å². The predicted octanol–water partition coefficient (Wildman–Crippen LogP) is 1.88. The van der Waals surface area contributed by atoms with Gasteiger partial charge in [0.1, 0.15) is 0 Å². The fourth-order valence-corrected chi connectivity index (χ4v) is 4.57. The van der Waals surface area contributed by atoms with Gasteiger partial charge < -0.3 is 9.47 Å². The Morgan fingerprint density at radius 2 is 1.82 bits per heavy atom. The third kappa shape index (κ3) is 2.88. The van der Waals surface area contributed by atoms with Crippen LogP contribution in [0.2, 0.25) is 0 Å². The third-order valence-electron chi connectivity index (χ3n) is 3.96. The Morgan fingerprint density at radius 1 is 1.09 bits per heavy atom. The number of benzene rings is 1. The van der Waals surface area contributed by atoms with Gasteiger partial charge in [-0.3, -0.25) is 0 Å². The number of piperidine rings is 1. The highest BCUT2D eigenvalue weighted by atomic mass is 32.2. The number of nitrogens with zero attached hydrogens (tertiary/aromatic N) is 1. The van der Waals surface area contributed by atoms with Gasteiger partial charge in [-0.1, -0.05) is 6.42 Å². The Morgan fingerprint density at radius 3 is 2.50 bits per heavy atom. The molecule has 1 aromatic rings. The molecule has 1 atom stereocenters. The van der Waals surface area contributed by atoms with Crippen molar-refractivity contribution in [2.45, 2.75) is 36.5 Å². The van der Waals surface area contributed by atoms with Crippen molar-refractivity contribution in [1.29, 1.82) is 0 Å². The lowest BCUT2D eigenvalue weighted by atomic mass is 10.0. The van der Waals surface area contributed by atoms with Crippen molar-refractivity contribution in [3.05, 3.63) is 29.8 Å². The van der Waals surface area contributed by atoms with Crippen LogP contribution in [-0.4, -0.2) is 44.8 Å². The van der Waals surface area contributed by atoms with E-state index in [1.807, 2.05) is 0 Å². The van der Waals surface area contributed by atoms with Crippen molar-refractivity contribution in [1.82, 2.24) is 4.31 Å². The summed E-state index contributed by atoms with van der Waals surface area (Å²) in [6, 6.07) is 2.18. The first kappa shape index (κ1) is 15.8. The van der Waals surface area contributed by atoms with Crippen LogP contribution in [0.4, 0.5) is 8.78 Å². The van der Waals surface area contributed by atoms with E-state index in [4.69, 9.17) is 9.47 Å². The van der Waals surface area contributed by atoms with Gasteiger partial charge in [0, 0.05) is 6.54 Å². The van der Waals surface area contributed by atoms with Crippen LogP contribution < -0.4 is 0 Å². The second-order valence-corrected chi connectivity index (χ2v) is 7.26. The average Bonchev–Trinajstić information content (AvgIpc) is 3.04. The highest BCUT2D eigenvalue weighted by molar-refractivity contribution is 7.89.